The van der Waals surface area contributed by atoms with E-state index in [1.165, 1.54) is 5.57 Å². The van der Waals surface area contributed by atoms with Crippen LogP contribution in [0.5, 0.6) is 5.75 Å². The van der Waals surface area contributed by atoms with E-state index in [0.29, 0.717) is 19.7 Å². The molecule has 0 radical (unpaired) electrons. The van der Waals surface area contributed by atoms with E-state index >= 15 is 0 Å². The van der Waals surface area contributed by atoms with Crippen molar-refractivity contribution in [2.75, 3.05) is 31.1 Å². The summed E-state index contributed by atoms with van der Waals surface area (Å²) in [4.78, 5) is 23.0. The summed E-state index contributed by atoms with van der Waals surface area (Å²) in [6, 6.07) is 26.8. The molecule has 2 amide bonds. The van der Waals surface area contributed by atoms with Gasteiger partial charge in [0, 0.05) is 36.8 Å². The lowest BCUT2D eigenvalue weighted by Gasteiger charge is -2.39. The predicted molar refractivity (Wildman–Crippen MR) is 162 cm³/mol. The monoisotopic (exact) mass is 532 g/mol. The molecule has 2 aliphatic heterocycles. The first-order chi connectivity index (χ1) is 19.7. The maximum atomic E-state index is 14.3. The van der Waals surface area contributed by atoms with Gasteiger partial charge in [0.15, 0.2) is 0 Å². The number of para-hydroxylation sites is 1. The summed E-state index contributed by atoms with van der Waals surface area (Å²) in [7, 11) is 0. The highest BCUT2D eigenvalue weighted by Crippen LogP contribution is 2.34. The highest BCUT2D eigenvalue weighted by molar-refractivity contribution is 6.03. The van der Waals surface area contributed by atoms with E-state index in [1.807, 2.05) is 52.4 Å². The van der Waals surface area contributed by atoms with E-state index in [2.05, 4.69) is 60.8 Å². The molecular weight excluding hydrogens is 496 g/mol. The van der Waals surface area contributed by atoms with Gasteiger partial charge in [-0.2, -0.15) is 0 Å². The summed E-state index contributed by atoms with van der Waals surface area (Å²) in [5.41, 5.74) is 4.60. The Morgan fingerprint density at radius 1 is 1.05 bits per heavy atom. The summed E-state index contributed by atoms with van der Waals surface area (Å²) in [5.74, 6) is 1.64. The minimum atomic E-state index is 0.0286. The van der Waals surface area contributed by atoms with Gasteiger partial charge >= 0.3 is 6.03 Å². The van der Waals surface area contributed by atoms with Crippen LogP contribution in [0.25, 0.3) is 16.3 Å². The molecular formula is C34H36N4O2. The van der Waals surface area contributed by atoms with E-state index in [-0.39, 0.29) is 12.1 Å². The number of amides is 2. The number of ether oxygens (including phenoxy) is 1. The number of carbonyl (C=O) groups is 1. The van der Waals surface area contributed by atoms with Gasteiger partial charge in [-0.15, -0.1) is 0 Å². The number of urea groups is 1. The molecule has 4 aromatic rings. The van der Waals surface area contributed by atoms with Crippen molar-refractivity contribution in [2.45, 2.75) is 38.8 Å². The summed E-state index contributed by atoms with van der Waals surface area (Å²) >= 11 is 0. The van der Waals surface area contributed by atoms with Crippen LogP contribution in [0.2, 0.25) is 0 Å². The average Bonchev–Trinajstić information content (AvgIpc) is 3.01. The third-order valence-corrected chi connectivity index (χ3v) is 8.00. The van der Waals surface area contributed by atoms with Crippen LogP contribution in [-0.2, 0) is 6.61 Å². The number of hydrogen-bond acceptors (Lipinski definition) is 4. The van der Waals surface area contributed by atoms with Crippen molar-refractivity contribution in [3.63, 3.8) is 0 Å². The number of nitrogens with zero attached hydrogens (tertiary/aromatic N) is 3. The molecule has 40 heavy (non-hydrogen) atoms. The Morgan fingerprint density at radius 3 is 2.70 bits per heavy atom. The van der Waals surface area contributed by atoms with Crippen molar-refractivity contribution in [3.8, 4) is 5.75 Å². The highest BCUT2D eigenvalue weighted by Gasteiger charge is 2.33. The molecule has 1 saturated heterocycles. The van der Waals surface area contributed by atoms with Gasteiger partial charge in [-0.25, -0.2) is 9.78 Å². The van der Waals surface area contributed by atoms with Gasteiger partial charge < -0.3 is 15.0 Å². The fraction of sp³-hybridized carbons (Fsp3) is 0.294. The smallest absolute Gasteiger partial charge is 0.326 e. The zero-order valence-electron chi connectivity index (χ0n) is 23.1. The van der Waals surface area contributed by atoms with Crippen LogP contribution in [0.4, 0.5) is 10.6 Å². The topological polar surface area (TPSA) is 57.7 Å². The first kappa shape index (κ1) is 26.1. The van der Waals surface area contributed by atoms with Crippen molar-refractivity contribution in [3.05, 3.63) is 108 Å². The Hall–Kier alpha value is -4.16. The van der Waals surface area contributed by atoms with Crippen molar-refractivity contribution in [2.24, 2.45) is 0 Å². The molecule has 0 aliphatic carbocycles. The summed E-state index contributed by atoms with van der Waals surface area (Å²) in [6.07, 6.45) is 6.79. The van der Waals surface area contributed by atoms with Gasteiger partial charge in [0.1, 0.15) is 18.2 Å². The number of rotatable bonds is 6. The molecule has 3 heterocycles. The zero-order chi connectivity index (χ0) is 27.3. The van der Waals surface area contributed by atoms with Crippen LogP contribution < -0.4 is 15.0 Å². The lowest BCUT2D eigenvalue weighted by molar-refractivity contribution is 0.205. The van der Waals surface area contributed by atoms with Gasteiger partial charge in [-0.1, -0.05) is 72.8 Å². The maximum Gasteiger partial charge on any atom is 0.326 e. The first-order valence-corrected chi connectivity index (χ1v) is 14.3. The molecule has 6 heteroatoms. The van der Waals surface area contributed by atoms with Gasteiger partial charge in [-0.3, -0.25) is 4.90 Å². The van der Waals surface area contributed by atoms with Gasteiger partial charge in [0.25, 0.3) is 0 Å². The molecule has 0 unspecified atom stereocenters. The minimum Gasteiger partial charge on any atom is -0.488 e. The van der Waals surface area contributed by atoms with E-state index in [9.17, 15) is 4.79 Å². The fourth-order valence-corrected chi connectivity index (χ4v) is 5.88. The number of fused-ring (bicyclic) bond motifs is 1. The Balaban J connectivity index is 1.25. The molecule has 2 aliphatic rings. The Kier molecular flexibility index (Phi) is 7.78. The molecule has 1 aromatic heterocycles. The zero-order valence-corrected chi connectivity index (χ0v) is 23.1. The Labute approximate surface area is 236 Å². The standard InChI is InChI=1S/C34H36N4O2/c1-25-9-7-12-28-16-20-36-33(32(25)28)38(29-13-8-19-35-23-29)34(39)37-21-17-27(18-22-37)30-14-5-6-15-31(30)40-24-26-10-3-2-4-11-26/h2-7,9-12,14-17,20,29,35H,8,13,18-19,21-24H2,1H3/t29-/m1/s1. The normalized spacial score (nSPS) is 17.4. The molecule has 204 valence electrons. The summed E-state index contributed by atoms with van der Waals surface area (Å²) in [6.45, 7) is 5.60. The molecule has 6 nitrogen and oxygen atoms in total. The lowest BCUT2D eigenvalue weighted by Crippen LogP contribution is -2.54. The van der Waals surface area contributed by atoms with Crippen molar-refractivity contribution in [1.82, 2.24) is 15.2 Å². The summed E-state index contributed by atoms with van der Waals surface area (Å²) < 4.78 is 6.23. The van der Waals surface area contributed by atoms with Crippen molar-refractivity contribution in [1.29, 1.82) is 0 Å². The van der Waals surface area contributed by atoms with Crippen LogP contribution in [0.15, 0.2) is 91.1 Å². The Morgan fingerprint density at radius 2 is 1.90 bits per heavy atom. The van der Waals surface area contributed by atoms with Crippen LogP contribution in [0.1, 0.15) is 36.0 Å². The number of aromatic nitrogens is 1. The molecule has 3 aromatic carbocycles. The van der Waals surface area contributed by atoms with Gasteiger partial charge in [0.2, 0.25) is 0 Å². The number of pyridine rings is 1. The Bertz CT molecular complexity index is 1510. The number of carbonyl (C=O) groups excluding carboxylic acids is 1. The second-order valence-electron chi connectivity index (χ2n) is 10.7. The van der Waals surface area contributed by atoms with Crippen molar-refractivity contribution >= 4 is 28.2 Å². The van der Waals surface area contributed by atoms with E-state index in [4.69, 9.17) is 9.72 Å². The molecule has 6 rings (SSSR count). The first-order valence-electron chi connectivity index (χ1n) is 14.3. The largest absolute Gasteiger partial charge is 0.488 e. The van der Waals surface area contributed by atoms with Crippen molar-refractivity contribution < 1.29 is 9.53 Å². The maximum absolute atomic E-state index is 14.3. The molecule has 1 fully saturated rings. The summed E-state index contributed by atoms with van der Waals surface area (Å²) in [5, 5.41) is 5.67. The second-order valence-corrected chi connectivity index (χ2v) is 10.7. The molecule has 0 saturated carbocycles. The molecule has 0 bridgehead atoms. The highest BCUT2D eigenvalue weighted by atomic mass is 16.5. The van der Waals surface area contributed by atoms with Crippen LogP contribution >= 0.6 is 0 Å². The predicted octanol–water partition coefficient (Wildman–Crippen LogP) is 6.59. The van der Waals surface area contributed by atoms with Crippen LogP contribution in [0, 0.1) is 6.92 Å². The third-order valence-electron chi connectivity index (χ3n) is 8.00. The second kappa shape index (κ2) is 11.9. The van der Waals surface area contributed by atoms with Crippen LogP contribution in [0.3, 0.4) is 0 Å². The molecule has 1 atom stereocenters. The quantitative estimate of drug-likeness (QED) is 0.304. The number of benzene rings is 3. The number of hydrogen-bond donors (Lipinski definition) is 1. The van der Waals surface area contributed by atoms with Crippen LogP contribution in [-0.4, -0.2) is 48.1 Å². The number of anilines is 1. The van der Waals surface area contributed by atoms with E-state index in [0.717, 1.165) is 71.4 Å². The fourth-order valence-electron chi connectivity index (χ4n) is 5.88. The SMILES string of the molecule is Cc1cccc2ccnc(N(C(=O)N3CC=C(c4ccccc4OCc4ccccc4)CC3)[C@@H]3CCCNC3)c12. The number of piperidine rings is 1. The number of nitrogens with one attached hydrogen (secondary N) is 1. The van der Waals surface area contributed by atoms with E-state index in [1.54, 1.807) is 0 Å². The lowest BCUT2D eigenvalue weighted by atomic mass is 9.98. The van der Waals surface area contributed by atoms with Gasteiger partial charge in [-0.05, 0) is 66.9 Å². The molecule has 1 N–H and O–H groups in total. The van der Waals surface area contributed by atoms with E-state index < -0.39 is 0 Å². The number of aryl methyl sites for hydroxylation is 1. The minimum absolute atomic E-state index is 0.0286. The average molecular weight is 533 g/mol. The third kappa shape index (κ3) is 5.45. The molecule has 0 spiro atoms. The van der Waals surface area contributed by atoms with Gasteiger partial charge in [0.05, 0.1) is 6.04 Å².